The number of rotatable bonds is 8. The lowest BCUT2D eigenvalue weighted by Crippen LogP contribution is -2.44. The Morgan fingerprint density at radius 2 is 1.90 bits per heavy atom. The number of ether oxygens (including phenoxy) is 1. The zero-order chi connectivity index (χ0) is 20.8. The van der Waals surface area contributed by atoms with Crippen LogP contribution in [0.15, 0.2) is 42.5 Å². The number of anilines is 2. The van der Waals surface area contributed by atoms with Gasteiger partial charge in [0.15, 0.2) is 6.10 Å². The molecule has 1 aliphatic heterocycles. The Bertz CT molecular complexity index is 867. The summed E-state index contributed by atoms with van der Waals surface area (Å²) in [6.45, 7) is 4.30. The SMILES string of the molecule is CCCCCCC(=O)Nc1ccc2c(c1)N(Cc1ccc(Cl)cc1)C(=O)C(C)O2. The largest absolute Gasteiger partial charge is 0.479 e. The predicted molar refractivity (Wildman–Crippen MR) is 117 cm³/mol. The summed E-state index contributed by atoms with van der Waals surface area (Å²) in [5.74, 6) is 0.504. The number of nitrogens with zero attached hydrogens (tertiary/aromatic N) is 1. The van der Waals surface area contributed by atoms with Gasteiger partial charge in [0.25, 0.3) is 5.91 Å². The van der Waals surface area contributed by atoms with Gasteiger partial charge in [-0.15, -0.1) is 0 Å². The van der Waals surface area contributed by atoms with E-state index >= 15 is 0 Å². The van der Waals surface area contributed by atoms with Crippen LogP contribution in [0.4, 0.5) is 11.4 Å². The van der Waals surface area contributed by atoms with E-state index in [9.17, 15) is 9.59 Å². The van der Waals surface area contributed by atoms with E-state index in [1.807, 2.05) is 18.2 Å². The van der Waals surface area contributed by atoms with E-state index in [-0.39, 0.29) is 11.8 Å². The first kappa shape index (κ1) is 21.2. The third-order valence-corrected chi connectivity index (χ3v) is 5.21. The number of hydrogen-bond donors (Lipinski definition) is 1. The molecule has 2 amide bonds. The molecule has 1 heterocycles. The Morgan fingerprint density at radius 3 is 2.62 bits per heavy atom. The van der Waals surface area contributed by atoms with Gasteiger partial charge in [0.05, 0.1) is 12.2 Å². The number of nitrogens with one attached hydrogen (secondary N) is 1. The second-order valence-corrected chi connectivity index (χ2v) is 7.79. The van der Waals surface area contributed by atoms with Crippen molar-refractivity contribution in [1.82, 2.24) is 0 Å². The molecule has 0 spiro atoms. The fraction of sp³-hybridized carbons (Fsp3) is 0.391. The summed E-state index contributed by atoms with van der Waals surface area (Å²) in [4.78, 5) is 26.7. The fourth-order valence-electron chi connectivity index (χ4n) is 3.36. The lowest BCUT2D eigenvalue weighted by Gasteiger charge is -2.33. The van der Waals surface area contributed by atoms with Gasteiger partial charge in [-0.1, -0.05) is 49.9 Å². The molecular weight excluding hydrogens is 388 g/mol. The maximum Gasteiger partial charge on any atom is 0.268 e. The quantitative estimate of drug-likeness (QED) is 0.575. The molecule has 29 heavy (non-hydrogen) atoms. The van der Waals surface area contributed by atoms with E-state index in [1.54, 1.807) is 36.1 Å². The number of carbonyl (C=O) groups excluding carboxylic acids is 2. The van der Waals surface area contributed by atoms with Crippen molar-refractivity contribution in [2.45, 2.75) is 58.6 Å². The third-order valence-electron chi connectivity index (χ3n) is 4.96. The average Bonchev–Trinajstić information content (AvgIpc) is 2.71. The smallest absolute Gasteiger partial charge is 0.268 e. The van der Waals surface area contributed by atoms with Crippen LogP contribution in [0, 0.1) is 0 Å². The molecule has 0 aromatic heterocycles. The second-order valence-electron chi connectivity index (χ2n) is 7.35. The van der Waals surface area contributed by atoms with Crippen LogP contribution >= 0.6 is 11.6 Å². The normalized spacial score (nSPS) is 15.6. The molecule has 1 atom stereocenters. The van der Waals surface area contributed by atoms with Gasteiger partial charge in [-0.3, -0.25) is 9.59 Å². The lowest BCUT2D eigenvalue weighted by atomic mass is 10.1. The van der Waals surface area contributed by atoms with Gasteiger partial charge in [0.2, 0.25) is 5.91 Å². The number of benzene rings is 2. The zero-order valence-electron chi connectivity index (χ0n) is 16.9. The van der Waals surface area contributed by atoms with Crippen molar-refractivity contribution in [1.29, 1.82) is 0 Å². The summed E-state index contributed by atoms with van der Waals surface area (Å²) in [7, 11) is 0. The van der Waals surface area contributed by atoms with Crippen molar-refractivity contribution >= 4 is 34.8 Å². The van der Waals surface area contributed by atoms with Crippen LogP contribution in [0.25, 0.3) is 0 Å². The molecule has 0 aliphatic carbocycles. The molecule has 5 nitrogen and oxygen atoms in total. The molecule has 0 saturated heterocycles. The fourth-order valence-corrected chi connectivity index (χ4v) is 3.48. The molecule has 0 bridgehead atoms. The Balaban J connectivity index is 1.76. The molecule has 0 saturated carbocycles. The van der Waals surface area contributed by atoms with Gasteiger partial charge >= 0.3 is 0 Å². The van der Waals surface area contributed by atoms with Crippen LogP contribution in [-0.2, 0) is 16.1 Å². The average molecular weight is 415 g/mol. The molecule has 1 N–H and O–H groups in total. The predicted octanol–water partition coefficient (Wildman–Crippen LogP) is 5.56. The molecule has 1 unspecified atom stereocenters. The Morgan fingerprint density at radius 1 is 1.14 bits per heavy atom. The molecule has 2 aromatic carbocycles. The van der Waals surface area contributed by atoms with Gasteiger partial charge in [0.1, 0.15) is 5.75 Å². The monoisotopic (exact) mass is 414 g/mol. The highest BCUT2D eigenvalue weighted by molar-refractivity contribution is 6.30. The van der Waals surface area contributed by atoms with Crippen molar-refractivity contribution < 1.29 is 14.3 Å². The Kier molecular flexibility index (Phi) is 7.15. The van der Waals surface area contributed by atoms with E-state index in [0.29, 0.717) is 35.1 Å². The summed E-state index contributed by atoms with van der Waals surface area (Å²) in [5.41, 5.74) is 2.29. The van der Waals surface area contributed by atoms with E-state index in [0.717, 1.165) is 31.2 Å². The van der Waals surface area contributed by atoms with Crippen molar-refractivity contribution in [2.24, 2.45) is 0 Å². The lowest BCUT2D eigenvalue weighted by molar-refractivity contribution is -0.125. The molecule has 3 rings (SSSR count). The van der Waals surface area contributed by atoms with Crippen LogP contribution in [-0.4, -0.2) is 17.9 Å². The van der Waals surface area contributed by atoms with Crippen LogP contribution in [0.2, 0.25) is 5.02 Å². The number of carbonyl (C=O) groups is 2. The van der Waals surface area contributed by atoms with Crippen molar-refractivity contribution in [3.05, 3.63) is 53.1 Å². The zero-order valence-corrected chi connectivity index (χ0v) is 17.7. The minimum absolute atomic E-state index is 0.0123. The summed E-state index contributed by atoms with van der Waals surface area (Å²) in [6.07, 6.45) is 4.16. The van der Waals surface area contributed by atoms with E-state index in [1.165, 1.54) is 0 Å². The number of halogens is 1. The maximum atomic E-state index is 12.8. The van der Waals surface area contributed by atoms with Crippen molar-refractivity contribution in [2.75, 3.05) is 10.2 Å². The van der Waals surface area contributed by atoms with Crippen LogP contribution in [0.3, 0.4) is 0 Å². The molecular formula is C23H27ClN2O3. The van der Waals surface area contributed by atoms with Crippen molar-refractivity contribution in [3.8, 4) is 5.75 Å². The number of hydrogen-bond acceptors (Lipinski definition) is 3. The summed E-state index contributed by atoms with van der Waals surface area (Å²) < 4.78 is 5.76. The van der Waals surface area contributed by atoms with Crippen LogP contribution in [0.5, 0.6) is 5.75 Å². The Labute approximate surface area is 177 Å². The first-order chi connectivity index (χ1) is 14.0. The van der Waals surface area contributed by atoms with Gasteiger partial charge < -0.3 is 15.0 Å². The maximum absolute atomic E-state index is 12.8. The minimum Gasteiger partial charge on any atom is -0.479 e. The van der Waals surface area contributed by atoms with E-state index in [4.69, 9.17) is 16.3 Å². The van der Waals surface area contributed by atoms with Gasteiger partial charge in [-0.05, 0) is 49.2 Å². The standard InChI is InChI=1S/C23H27ClN2O3/c1-3-4-5-6-7-22(27)25-19-12-13-21-20(14-19)26(23(28)16(2)29-21)15-17-8-10-18(24)11-9-17/h8-14,16H,3-7,15H2,1-2H3,(H,25,27). The highest BCUT2D eigenvalue weighted by Gasteiger charge is 2.31. The summed E-state index contributed by atoms with van der Waals surface area (Å²) in [6, 6.07) is 12.8. The first-order valence-corrected chi connectivity index (χ1v) is 10.5. The number of unbranched alkanes of at least 4 members (excludes halogenated alkanes) is 3. The molecule has 0 fully saturated rings. The molecule has 0 radical (unpaired) electrons. The summed E-state index contributed by atoms with van der Waals surface area (Å²) >= 11 is 5.97. The molecule has 1 aliphatic rings. The highest BCUT2D eigenvalue weighted by Crippen LogP contribution is 2.37. The van der Waals surface area contributed by atoms with E-state index in [2.05, 4.69) is 12.2 Å². The van der Waals surface area contributed by atoms with Crippen LogP contribution in [0.1, 0.15) is 51.5 Å². The molecule has 6 heteroatoms. The third kappa shape index (κ3) is 5.51. The minimum atomic E-state index is -0.561. The molecule has 154 valence electrons. The molecule has 2 aromatic rings. The summed E-state index contributed by atoms with van der Waals surface area (Å²) in [5, 5.41) is 3.59. The van der Waals surface area contributed by atoms with Gasteiger partial charge in [-0.25, -0.2) is 0 Å². The van der Waals surface area contributed by atoms with Crippen LogP contribution < -0.4 is 15.0 Å². The Hall–Kier alpha value is -2.53. The topological polar surface area (TPSA) is 58.6 Å². The van der Waals surface area contributed by atoms with Gasteiger partial charge in [0, 0.05) is 17.1 Å². The van der Waals surface area contributed by atoms with Gasteiger partial charge in [-0.2, -0.15) is 0 Å². The number of amides is 2. The highest BCUT2D eigenvalue weighted by atomic mass is 35.5. The van der Waals surface area contributed by atoms with Crippen molar-refractivity contribution in [3.63, 3.8) is 0 Å². The van der Waals surface area contributed by atoms with E-state index < -0.39 is 6.10 Å². The first-order valence-electron chi connectivity index (χ1n) is 10.1. The second kappa shape index (κ2) is 9.79. The number of fused-ring (bicyclic) bond motifs is 1.